The second kappa shape index (κ2) is 7.07. The van der Waals surface area contributed by atoms with Crippen LogP contribution in [-0.4, -0.2) is 12.5 Å². The molecule has 116 valence electrons. The lowest BCUT2D eigenvalue weighted by molar-refractivity contribution is -0.123. The van der Waals surface area contributed by atoms with Gasteiger partial charge in [0.1, 0.15) is 11.6 Å². The number of nitrogens with one attached hydrogen (secondary N) is 1. The van der Waals surface area contributed by atoms with Gasteiger partial charge in [0.15, 0.2) is 6.61 Å². The second-order valence-electron chi connectivity index (χ2n) is 5.31. The molecule has 4 heteroatoms. The normalized spacial score (nSPS) is 10.4. The van der Waals surface area contributed by atoms with Crippen molar-refractivity contribution in [3.05, 3.63) is 64.5 Å². The fraction of sp³-hybridized carbons (Fsp3) is 0.278. The fourth-order valence-corrected chi connectivity index (χ4v) is 2.17. The molecule has 0 aliphatic heterocycles. The Morgan fingerprint density at radius 3 is 2.50 bits per heavy atom. The van der Waals surface area contributed by atoms with Gasteiger partial charge in [0.05, 0.1) is 0 Å². The zero-order valence-corrected chi connectivity index (χ0v) is 13.1. The number of halogens is 1. The average Bonchev–Trinajstić information content (AvgIpc) is 2.50. The molecule has 2 aromatic rings. The number of hydrogen-bond acceptors (Lipinski definition) is 2. The van der Waals surface area contributed by atoms with Crippen LogP contribution in [-0.2, 0) is 11.3 Å². The average molecular weight is 301 g/mol. The van der Waals surface area contributed by atoms with Crippen LogP contribution in [0.25, 0.3) is 0 Å². The Kier molecular flexibility index (Phi) is 5.15. The summed E-state index contributed by atoms with van der Waals surface area (Å²) in [6.45, 7) is 5.98. The number of hydrogen-bond donors (Lipinski definition) is 1. The molecule has 0 aliphatic carbocycles. The van der Waals surface area contributed by atoms with E-state index in [1.807, 2.05) is 32.9 Å². The fourth-order valence-electron chi connectivity index (χ4n) is 2.17. The Bertz CT molecular complexity index is 683. The predicted molar refractivity (Wildman–Crippen MR) is 84.4 cm³/mol. The van der Waals surface area contributed by atoms with Gasteiger partial charge in [-0.15, -0.1) is 0 Å². The van der Waals surface area contributed by atoms with Gasteiger partial charge in [-0.25, -0.2) is 4.39 Å². The van der Waals surface area contributed by atoms with Gasteiger partial charge in [-0.3, -0.25) is 4.79 Å². The highest BCUT2D eigenvalue weighted by Gasteiger charge is 2.09. The largest absolute Gasteiger partial charge is 0.483 e. The van der Waals surface area contributed by atoms with Gasteiger partial charge >= 0.3 is 0 Å². The second-order valence-corrected chi connectivity index (χ2v) is 5.31. The van der Waals surface area contributed by atoms with Crippen molar-refractivity contribution in [1.82, 2.24) is 5.32 Å². The van der Waals surface area contributed by atoms with Crippen molar-refractivity contribution in [2.75, 3.05) is 6.61 Å². The molecule has 0 aliphatic rings. The highest BCUT2D eigenvalue weighted by atomic mass is 19.1. The lowest BCUT2D eigenvalue weighted by atomic mass is 10.1. The van der Waals surface area contributed by atoms with Gasteiger partial charge in [-0.1, -0.05) is 30.3 Å². The van der Waals surface area contributed by atoms with Crippen LogP contribution in [0.2, 0.25) is 0 Å². The van der Waals surface area contributed by atoms with E-state index in [0.717, 1.165) is 22.4 Å². The van der Waals surface area contributed by atoms with Crippen LogP contribution >= 0.6 is 0 Å². The summed E-state index contributed by atoms with van der Waals surface area (Å²) in [5.41, 5.74) is 3.60. The monoisotopic (exact) mass is 301 g/mol. The Balaban J connectivity index is 1.91. The first-order chi connectivity index (χ1) is 10.5. The van der Waals surface area contributed by atoms with E-state index >= 15 is 0 Å². The van der Waals surface area contributed by atoms with Gasteiger partial charge in [0, 0.05) is 12.1 Å². The summed E-state index contributed by atoms with van der Waals surface area (Å²) in [5, 5.41) is 2.66. The van der Waals surface area contributed by atoms with Crippen LogP contribution in [0.4, 0.5) is 4.39 Å². The summed E-state index contributed by atoms with van der Waals surface area (Å²) < 4.78 is 19.1. The zero-order valence-electron chi connectivity index (χ0n) is 13.1. The highest BCUT2D eigenvalue weighted by molar-refractivity contribution is 5.77. The Labute approximate surface area is 130 Å². The molecule has 1 N–H and O–H groups in total. The molecule has 0 heterocycles. The number of aryl methyl sites for hydroxylation is 2. The van der Waals surface area contributed by atoms with Crippen molar-refractivity contribution in [3.8, 4) is 5.75 Å². The molecule has 0 spiro atoms. The van der Waals surface area contributed by atoms with Crippen LogP contribution in [0.5, 0.6) is 5.75 Å². The van der Waals surface area contributed by atoms with Crippen LogP contribution in [0, 0.1) is 26.6 Å². The third-order valence-electron chi connectivity index (χ3n) is 3.66. The molecule has 22 heavy (non-hydrogen) atoms. The molecule has 0 fully saturated rings. The summed E-state index contributed by atoms with van der Waals surface area (Å²) in [6, 6.07) is 10.4. The first-order valence-electron chi connectivity index (χ1n) is 7.18. The van der Waals surface area contributed by atoms with Crippen LogP contribution in [0.1, 0.15) is 22.3 Å². The molecule has 0 atom stereocenters. The minimum atomic E-state index is -0.325. The smallest absolute Gasteiger partial charge is 0.258 e. The van der Waals surface area contributed by atoms with Gasteiger partial charge in [0.25, 0.3) is 5.91 Å². The van der Waals surface area contributed by atoms with Gasteiger partial charge in [0.2, 0.25) is 0 Å². The topological polar surface area (TPSA) is 38.3 Å². The number of carbonyl (C=O) groups is 1. The Hall–Kier alpha value is -2.36. The molecule has 0 aromatic heterocycles. The minimum absolute atomic E-state index is 0.0837. The van der Waals surface area contributed by atoms with Crippen molar-refractivity contribution in [1.29, 1.82) is 0 Å². The molecule has 0 saturated heterocycles. The number of amides is 1. The molecular formula is C18H20FNO2. The minimum Gasteiger partial charge on any atom is -0.483 e. The molecule has 3 nitrogen and oxygen atoms in total. The van der Waals surface area contributed by atoms with Gasteiger partial charge in [-0.2, -0.15) is 0 Å². The molecule has 0 bridgehead atoms. The zero-order chi connectivity index (χ0) is 16.1. The van der Waals surface area contributed by atoms with E-state index in [1.165, 1.54) is 6.07 Å². The maximum atomic E-state index is 13.5. The molecular weight excluding hydrogens is 281 g/mol. The van der Waals surface area contributed by atoms with Gasteiger partial charge in [-0.05, 0) is 43.5 Å². The lowest BCUT2D eigenvalue weighted by Gasteiger charge is -2.14. The first-order valence-corrected chi connectivity index (χ1v) is 7.18. The number of benzene rings is 2. The number of carbonyl (C=O) groups excluding carboxylic acids is 1. The van der Waals surface area contributed by atoms with Crippen molar-refractivity contribution in [2.45, 2.75) is 27.3 Å². The molecule has 0 saturated carbocycles. The molecule has 2 aromatic carbocycles. The van der Waals surface area contributed by atoms with Crippen molar-refractivity contribution in [2.24, 2.45) is 0 Å². The van der Waals surface area contributed by atoms with E-state index in [1.54, 1.807) is 18.2 Å². The van der Waals surface area contributed by atoms with Crippen LogP contribution in [0.3, 0.4) is 0 Å². The summed E-state index contributed by atoms with van der Waals surface area (Å²) in [6.07, 6.45) is 0. The van der Waals surface area contributed by atoms with Crippen molar-refractivity contribution in [3.63, 3.8) is 0 Å². The molecule has 1 amide bonds. The third kappa shape index (κ3) is 3.85. The van der Waals surface area contributed by atoms with Gasteiger partial charge < -0.3 is 10.1 Å². The highest BCUT2D eigenvalue weighted by Crippen LogP contribution is 2.25. The molecule has 2 rings (SSSR count). The maximum Gasteiger partial charge on any atom is 0.258 e. The Morgan fingerprint density at radius 2 is 1.77 bits per heavy atom. The Morgan fingerprint density at radius 1 is 1.09 bits per heavy atom. The van der Waals surface area contributed by atoms with Crippen molar-refractivity contribution >= 4 is 5.91 Å². The SMILES string of the molecule is Cc1ccc(C)c(OCC(=O)NCc2ccccc2F)c1C. The van der Waals surface area contributed by atoms with E-state index in [2.05, 4.69) is 5.32 Å². The first kappa shape index (κ1) is 16.0. The summed E-state index contributed by atoms with van der Waals surface area (Å²) in [4.78, 5) is 11.8. The van der Waals surface area contributed by atoms with E-state index in [-0.39, 0.29) is 24.9 Å². The van der Waals surface area contributed by atoms with Crippen molar-refractivity contribution < 1.29 is 13.9 Å². The number of ether oxygens (including phenoxy) is 1. The van der Waals surface area contributed by atoms with Crippen LogP contribution < -0.4 is 10.1 Å². The van der Waals surface area contributed by atoms with E-state index in [9.17, 15) is 9.18 Å². The van der Waals surface area contributed by atoms with E-state index < -0.39 is 0 Å². The summed E-state index contributed by atoms with van der Waals surface area (Å²) >= 11 is 0. The quantitative estimate of drug-likeness (QED) is 0.918. The third-order valence-corrected chi connectivity index (χ3v) is 3.66. The number of rotatable bonds is 5. The van der Waals surface area contributed by atoms with E-state index in [4.69, 9.17) is 4.74 Å². The van der Waals surface area contributed by atoms with E-state index in [0.29, 0.717) is 5.56 Å². The van der Waals surface area contributed by atoms with Crippen LogP contribution in [0.15, 0.2) is 36.4 Å². The predicted octanol–water partition coefficient (Wildman–Crippen LogP) is 3.45. The summed E-state index contributed by atoms with van der Waals surface area (Å²) in [5.74, 6) is 0.138. The standard InChI is InChI=1S/C18H20FNO2/c1-12-8-9-13(2)18(14(12)3)22-11-17(21)20-10-15-6-4-5-7-16(15)19/h4-9H,10-11H2,1-3H3,(H,20,21). The summed E-state index contributed by atoms with van der Waals surface area (Å²) in [7, 11) is 0. The molecule has 0 unspecified atom stereocenters. The molecule has 0 radical (unpaired) electrons. The lowest BCUT2D eigenvalue weighted by Crippen LogP contribution is -2.29. The maximum absolute atomic E-state index is 13.5.